The lowest BCUT2D eigenvalue weighted by Gasteiger charge is -2.22. The summed E-state index contributed by atoms with van der Waals surface area (Å²) in [6, 6.07) is 3.72. The Hall–Kier alpha value is -1.66. The van der Waals surface area contributed by atoms with Gasteiger partial charge in [-0.15, -0.1) is 0 Å². The van der Waals surface area contributed by atoms with Gasteiger partial charge in [-0.05, 0) is 18.9 Å². The number of hydrogen-bond acceptors (Lipinski definition) is 5. The van der Waals surface area contributed by atoms with Crippen LogP contribution in [0.15, 0.2) is 18.3 Å². The lowest BCUT2D eigenvalue weighted by Crippen LogP contribution is -2.41. The molecule has 2 atom stereocenters. The number of likely N-dealkylation sites (N-methyl/N-ethyl adjacent to an activating group) is 1. The van der Waals surface area contributed by atoms with E-state index < -0.39 is 0 Å². The van der Waals surface area contributed by atoms with Crippen molar-refractivity contribution >= 4 is 5.91 Å². The molecular weight excluding hydrogens is 256 g/mol. The minimum Gasteiger partial charge on any atom is -0.478 e. The maximum Gasteiger partial charge on any atom is 0.237 e. The Balaban J connectivity index is 2.02. The number of rotatable bonds is 5. The second-order valence-corrected chi connectivity index (χ2v) is 4.99. The van der Waals surface area contributed by atoms with Crippen LogP contribution in [0.25, 0.3) is 0 Å². The maximum atomic E-state index is 11.9. The van der Waals surface area contributed by atoms with Gasteiger partial charge in [-0.1, -0.05) is 6.07 Å². The van der Waals surface area contributed by atoms with Crippen LogP contribution in [0.1, 0.15) is 18.9 Å². The van der Waals surface area contributed by atoms with Crippen molar-refractivity contribution in [1.82, 2.24) is 15.2 Å². The summed E-state index contributed by atoms with van der Waals surface area (Å²) in [6.45, 7) is 3.93. The van der Waals surface area contributed by atoms with Gasteiger partial charge in [0.05, 0.1) is 12.6 Å². The third-order valence-corrected chi connectivity index (χ3v) is 3.46. The fourth-order valence-corrected chi connectivity index (χ4v) is 2.53. The number of pyridine rings is 1. The molecule has 1 saturated heterocycles. The second-order valence-electron chi connectivity index (χ2n) is 4.99. The van der Waals surface area contributed by atoms with E-state index in [4.69, 9.17) is 10.5 Å². The average molecular weight is 278 g/mol. The van der Waals surface area contributed by atoms with Gasteiger partial charge >= 0.3 is 0 Å². The highest BCUT2D eigenvalue weighted by molar-refractivity contribution is 5.81. The van der Waals surface area contributed by atoms with E-state index in [0.29, 0.717) is 25.5 Å². The molecule has 20 heavy (non-hydrogen) atoms. The molecule has 2 heterocycles. The van der Waals surface area contributed by atoms with Crippen LogP contribution in [-0.4, -0.2) is 48.1 Å². The topological polar surface area (TPSA) is 80.5 Å². The van der Waals surface area contributed by atoms with Crippen LogP contribution in [-0.2, 0) is 11.3 Å². The highest BCUT2D eigenvalue weighted by Gasteiger charge is 2.34. The Morgan fingerprint density at radius 3 is 3.00 bits per heavy atom. The quantitative estimate of drug-likeness (QED) is 0.800. The van der Waals surface area contributed by atoms with Gasteiger partial charge in [0.2, 0.25) is 11.8 Å². The molecule has 110 valence electrons. The average Bonchev–Trinajstić information content (AvgIpc) is 2.81. The number of nitrogens with one attached hydrogen (secondary N) is 1. The molecule has 1 aromatic heterocycles. The van der Waals surface area contributed by atoms with Crippen molar-refractivity contribution in [2.24, 2.45) is 5.73 Å². The zero-order chi connectivity index (χ0) is 14.5. The maximum absolute atomic E-state index is 11.9. The summed E-state index contributed by atoms with van der Waals surface area (Å²) in [6.07, 6.45) is 2.49. The molecule has 3 N–H and O–H groups in total. The molecule has 0 radical (unpaired) electrons. The molecule has 6 heteroatoms. The lowest BCUT2D eigenvalue weighted by atomic mass is 10.1. The fraction of sp³-hybridized carbons (Fsp3) is 0.571. The summed E-state index contributed by atoms with van der Waals surface area (Å²) in [4.78, 5) is 18.2. The zero-order valence-corrected chi connectivity index (χ0v) is 12.0. The summed E-state index contributed by atoms with van der Waals surface area (Å²) >= 11 is 0. The molecule has 6 nitrogen and oxygen atoms in total. The number of carbonyl (C=O) groups is 1. The van der Waals surface area contributed by atoms with Crippen molar-refractivity contribution in [1.29, 1.82) is 0 Å². The zero-order valence-electron chi connectivity index (χ0n) is 12.0. The van der Waals surface area contributed by atoms with Crippen molar-refractivity contribution in [3.63, 3.8) is 0 Å². The first kappa shape index (κ1) is 14.7. The summed E-state index contributed by atoms with van der Waals surface area (Å²) in [5.41, 5.74) is 7.02. The van der Waals surface area contributed by atoms with E-state index in [9.17, 15) is 4.79 Å². The monoisotopic (exact) mass is 278 g/mol. The predicted molar refractivity (Wildman–Crippen MR) is 76.3 cm³/mol. The van der Waals surface area contributed by atoms with E-state index in [2.05, 4.69) is 15.2 Å². The molecule has 0 aromatic carbocycles. The largest absolute Gasteiger partial charge is 0.478 e. The normalized spacial score (nSPS) is 22.8. The smallest absolute Gasteiger partial charge is 0.237 e. The summed E-state index contributed by atoms with van der Waals surface area (Å²) < 4.78 is 5.32. The van der Waals surface area contributed by atoms with E-state index >= 15 is 0 Å². The molecule has 1 aliphatic heterocycles. The van der Waals surface area contributed by atoms with Crippen LogP contribution in [0.5, 0.6) is 5.88 Å². The number of aromatic nitrogens is 1. The van der Waals surface area contributed by atoms with Crippen molar-refractivity contribution in [2.45, 2.75) is 32.0 Å². The van der Waals surface area contributed by atoms with Crippen LogP contribution in [0.3, 0.4) is 0 Å². The summed E-state index contributed by atoms with van der Waals surface area (Å²) in [5, 5.41) is 2.70. The third-order valence-electron chi connectivity index (χ3n) is 3.46. The van der Waals surface area contributed by atoms with Crippen LogP contribution in [0.2, 0.25) is 0 Å². The van der Waals surface area contributed by atoms with E-state index in [-0.39, 0.29) is 18.0 Å². The van der Waals surface area contributed by atoms with E-state index in [0.717, 1.165) is 12.1 Å². The molecule has 0 unspecified atom stereocenters. The number of nitrogens with two attached hydrogens (primary N) is 1. The fourth-order valence-electron chi connectivity index (χ4n) is 2.53. The van der Waals surface area contributed by atoms with Gasteiger partial charge in [-0.2, -0.15) is 0 Å². The summed E-state index contributed by atoms with van der Waals surface area (Å²) in [5.74, 6) is 0.647. The number of hydrogen-bond donors (Lipinski definition) is 2. The van der Waals surface area contributed by atoms with Gasteiger partial charge in [0.15, 0.2) is 0 Å². The van der Waals surface area contributed by atoms with Gasteiger partial charge in [0.25, 0.3) is 0 Å². The van der Waals surface area contributed by atoms with Gasteiger partial charge in [-0.25, -0.2) is 4.98 Å². The highest BCUT2D eigenvalue weighted by Crippen LogP contribution is 2.20. The van der Waals surface area contributed by atoms with Gasteiger partial charge < -0.3 is 15.8 Å². The summed E-state index contributed by atoms with van der Waals surface area (Å²) in [7, 11) is 1.66. The molecule has 0 saturated carbocycles. The molecule has 1 fully saturated rings. The number of likely N-dealkylation sites (tertiary alicyclic amines) is 1. The highest BCUT2D eigenvalue weighted by atomic mass is 16.5. The van der Waals surface area contributed by atoms with Crippen molar-refractivity contribution < 1.29 is 9.53 Å². The minimum atomic E-state index is -0.151. The molecule has 1 aliphatic rings. The SMILES string of the molecule is CCOc1ccc(CN2C[C@@H](N)C[C@H]2C(=O)NC)cn1. The molecule has 0 aliphatic carbocycles. The molecule has 0 bridgehead atoms. The molecule has 0 spiro atoms. The number of carbonyl (C=O) groups excluding carboxylic acids is 1. The number of ether oxygens (including phenoxy) is 1. The Morgan fingerprint density at radius 1 is 1.60 bits per heavy atom. The first-order chi connectivity index (χ1) is 9.63. The minimum absolute atomic E-state index is 0.0249. The first-order valence-corrected chi connectivity index (χ1v) is 6.93. The Morgan fingerprint density at radius 2 is 2.40 bits per heavy atom. The molecular formula is C14H22N4O2. The number of amides is 1. The predicted octanol–water partition coefficient (Wildman–Crippen LogP) is 0.128. The van der Waals surface area contributed by atoms with Crippen LogP contribution in [0, 0.1) is 0 Å². The van der Waals surface area contributed by atoms with Gasteiger partial charge in [0.1, 0.15) is 0 Å². The van der Waals surface area contributed by atoms with Crippen molar-refractivity contribution in [2.75, 3.05) is 20.2 Å². The third kappa shape index (κ3) is 3.46. The standard InChI is InChI=1S/C14H22N4O2/c1-3-20-13-5-4-10(7-17-13)8-18-9-11(15)6-12(18)14(19)16-2/h4-5,7,11-12H,3,6,8-9,15H2,1-2H3,(H,16,19)/t11-,12-/m0/s1. The van der Waals surface area contributed by atoms with Crippen LogP contribution >= 0.6 is 0 Å². The Kier molecular flexibility index (Phi) is 4.92. The number of nitrogens with zero attached hydrogens (tertiary/aromatic N) is 2. The second kappa shape index (κ2) is 6.67. The van der Waals surface area contributed by atoms with Gasteiger partial charge in [-0.3, -0.25) is 9.69 Å². The lowest BCUT2D eigenvalue weighted by molar-refractivity contribution is -0.125. The van der Waals surface area contributed by atoms with E-state index in [1.807, 2.05) is 19.1 Å². The molecule has 2 rings (SSSR count). The Bertz CT molecular complexity index is 449. The Labute approximate surface area is 119 Å². The molecule has 1 aromatic rings. The van der Waals surface area contributed by atoms with Crippen LogP contribution in [0.4, 0.5) is 0 Å². The van der Waals surface area contributed by atoms with E-state index in [1.54, 1.807) is 13.2 Å². The van der Waals surface area contributed by atoms with Gasteiger partial charge in [0, 0.05) is 38.4 Å². The van der Waals surface area contributed by atoms with Crippen LogP contribution < -0.4 is 15.8 Å². The molecule has 1 amide bonds. The van der Waals surface area contributed by atoms with Crippen molar-refractivity contribution in [3.8, 4) is 5.88 Å². The first-order valence-electron chi connectivity index (χ1n) is 6.93. The van der Waals surface area contributed by atoms with E-state index in [1.165, 1.54) is 0 Å². The van der Waals surface area contributed by atoms with Crippen molar-refractivity contribution in [3.05, 3.63) is 23.9 Å².